The summed E-state index contributed by atoms with van der Waals surface area (Å²) in [5.74, 6) is 1.53. The van der Waals surface area contributed by atoms with E-state index in [1.165, 1.54) is 0 Å². The number of ether oxygens (including phenoxy) is 2. The zero-order valence-corrected chi connectivity index (χ0v) is 14.7. The molecule has 1 saturated heterocycles. The summed E-state index contributed by atoms with van der Waals surface area (Å²) in [5.41, 5.74) is 0. The van der Waals surface area contributed by atoms with E-state index >= 15 is 0 Å². The number of guanidine groups is 1. The highest BCUT2D eigenvalue weighted by molar-refractivity contribution is 5.79. The van der Waals surface area contributed by atoms with Gasteiger partial charge in [0.2, 0.25) is 0 Å². The number of rotatable bonds is 9. The minimum absolute atomic E-state index is 0.231. The molecule has 1 aliphatic heterocycles. The Bertz CT molecular complexity index is 311. The Labute approximate surface area is 135 Å². The molecule has 0 radical (unpaired) electrons. The van der Waals surface area contributed by atoms with Crippen LogP contribution in [0.5, 0.6) is 0 Å². The maximum atomic E-state index is 5.84. The van der Waals surface area contributed by atoms with Crippen molar-refractivity contribution >= 4 is 5.96 Å². The molecule has 6 heteroatoms. The largest absolute Gasteiger partial charge is 0.382 e. The van der Waals surface area contributed by atoms with Gasteiger partial charge in [0.05, 0.1) is 12.7 Å². The average Bonchev–Trinajstić information content (AvgIpc) is 2.50. The molecule has 1 rings (SSSR count). The molecular formula is C16H34N4O2. The van der Waals surface area contributed by atoms with Crippen LogP contribution in [-0.4, -0.2) is 76.6 Å². The molecule has 0 amide bonds. The summed E-state index contributed by atoms with van der Waals surface area (Å²) in [6.07, 6.45) is 1.21. The molecule has 1 fully saturated rings. The van der Waals surface area contributed by atoms with Gasteiger partial charge in [-0.05, 0) is 19.3 Å². The second kappa shape index (κ2) is 11.7. The fourth-order valence-electron chi connectivity index (χ4n) is 2.54. The van der Waals surface area contributed by atoms with Crippen molar-refractivity contribution in [1.82, 2.24) is 15.5 Å². The molecule has 0 aromatic carbocycles. The molecule has 0 saturated carbocycles. The molecule has 1 atom stereocenters. The molecule has 2 N–H and O–H groups in total. The Kier molecular flexibility index (Phi) is 10.2. The average molecular weight is 314 g/mol. The van der Waals surface area contributed by atoms with Crippen molar-refractivity contribution in [2.75, 3.05) is 59.6 Å². The second-order valence-electron chi connectivity index (χ2n) is 6.08. The van der Waals surface area contributed by atoms with Crippen LogP contribution in [0.1, 0.15) is 27.2 Å². The Hall–Kier alpha value is -0.850. The monoisotopic (exact) mass is 314 g/mol. The Balaban J connectivity index is 2.19. The summed E-state index contributed by atoms with van der Waals surface area (Å²) in [6.45, 7) is 13.8. The smallest absolute Gasteiger partial charge is 0.191 e. The summed E-state index contributed by atoms with van der Waals surface area (Å²) in [4.78, 5) is 6.73. The lowest BCUT2D eigenvalue weighted by Gasteiger charge is -2.34. The van der Waals surface area contributed by atoms with Crippen molar-refractivity contribution in [2.24, 2.45) is 10.9 Å². The van der Waals surface area contributed by atoms with E-state index in [0.29, 0.717) is 5.92 Å². The molecule has 1 aliphatic rings. The first-order chi connectivity index (χ1) is 10.7. The van der Waals surface area contributed by atoms with Crippen LogP contribution in [0.25, 0.3) is 0 Å². The molecule has 1 heterocycles. The third-order valence-corrected chi connectivity index (χ3v) is 3.53. The van der Waals surface area contributed by atoms with Gasteiger partial charge in [-0.25, -0.2) is 0 Å². The van der Waals surface area contributed by atoms with Crippen LogP contribution in [0.4, 0.5) is 0 Å². The van der Waals surface area contributed by atoms with E-state index in [-0.39, 0.29) is 6.10 Å². The maximum absolute atomic E-state index is 5.84. The van der Waals surface area contributed by atoms with E-state index in [0.717, 1.165) is 64.9 Å². The van der Waals surface area contributed by atoms with E-state index < -0.39 is 0 Å². The van der Waals surface area contributed by atoms with E-state index in [1.54, 1.807) is 7.05 Å². The molecule has 0 aromatic heterocycles. The summed E-state index contributed by atoms with van der Waals surface area (Å²) < 4.78 is 11.2. The molecule has 0 spiro atoms. The highest BCUT2D eigenvalue weighted by atomic mass is 16.5. The number of nitrogens with one attached hydrogen (secondary N) is 2. The lowest BCUT2D eigenvalue weighted by atomic mass is 10.2. The highest BCUT2D eigenvalue weighted by Crippen LogP contribution is 2.07. The van der Waals surface area contributed by atoms with Gasteiger partial charge in [0.1, 0.15) is 0 Å². The first-order valence-electron chi connectivity index (χ1n) is 8.51. The van der Waals surface area contributed by atoms with Gasteiger partial charge < -0.3 is 20.1 Å². The van der Waals surface area contributed by atoms with E-state index in [2.05, 4.69) is 34.4 Å². The third-order valence-electron chi connectivity index (χ3n) is 3.53. The third kappa shape index (κ3) is 8.56. The van der Waals surface area contributed by atoms with Crippen molar-refractivity contribution in [3.05, 3.63) is 0 Å². The highest BCUT2D eigenvalue weighted by Gasteiger charge is 2.20. The maximum Gasteiger partial charge on any atom is 0.191 e. The Morgan fingerprint density at radius 3 is 2.91 bits per heavy atom. The molecule has 0 aromatic rings. The summed E-state index contributed by atoms with van der Waals surface area (Å²) >= 11 is 0. The van der Waals surface area contributed by atoms with Gasteiger partial charge in [-0.1, -0.05) is 13.8 Å². The van der Waals surface area contributed by atoms with E-state index in [9.17, 15) is 0 Å². The number of morpholine rings is 1. The fourth-order valence-corrected chi connectivity index (χ4v) is 2.54. The molecule has 0 aliphatic carbocycles. The number of hydrogen-bond donors (Lipinski definition) is 2. The van der Waals surface area contributed by atoms with Crippen LogP contribution in [0, 0.1) is 5.92 Å². The molecule has 1 unspecified atom stereocenters. The molecule has 6 nitrogen and oxygen atoms in total. The van der Waals surface area contributed by atoms with Gasteiger partial charge in [-0.15, -0.1) is 0 Å². The first-order valence-corrected chi connectivity index (χ1v) is 8.51. The van der Waals surface area contributed by atoms with Crippen molar-refractivity contribution < 1.29 is 9.47 Å². The minimum Gasteiger partial charge on any atom is -0.382 e. The zero-order chi connectivity index (χ0) is 16.2. The number of nitrogens with zero attached hydrogens (tertiary/aromatic N) is 2. The van der Waals surface area contributed by atoms with Gasteiger partial charge in [-0.3, -0.25) is 9.89 Å². The SMILES string of the molecule is CCOCCCNC(=NC)NCC1CN(CC(C)C)CCO1. The summed E-state index contributed by atoms with van der Waals surface area (Å²) in [5, 5.41) is 6.65. The quantitative estimate of drug-likeness (QED) is 0.377. The van der Waals surface area contributed by atoms with Crippen LogP contribution in [0.15, 0.2) is 4.99 Å². The van der Waals surface area contributed by atoms with Gasteiger partial charge in [0.15, 0.2) is 5.96 Å². The van der Waals surface area contributed by atoms with E-state index in [4.69, 9.17) is 9.47 Å². The van der Waals surface area contributed by atoms with Gasteiger partial charge >= 0.3 is 0 Å². The lowest BCUT2D eigenvalue weighted by molar-refractivity contribution is -0.0284. The van der Waals surface area contributed by atoms with Gasteiger partial charge in [0.25, 0.3) is 0 Å². The van der Waals surface area contributed by atoms with Gasteiger partial charge in [-0.2, -0.15) is 0 Å². The van der Waals surface area contributed by atoms with Crippen LogP contribution < -0.4 is 10.6 Å². The Morgan fingerprint density at radius 2 is 2.23 bits per heavy atom. The molecule has 130 valence electrons. The molecule has 22 heavy (non-hydrogen) atoms. The molecule has 0 bridgehead atoms. The normalized spacial score (nSPS) is 20.4. The zero-order valence-electron chi connectivity index (χ0n) is 14.7. The summed E-state index contributed by atoms with van der Waals surface area (Å²) in [7, 11) is 1.80. The molecular weight excluding hydrogens is 280 g/mol. The number of hydrogen-bond acceptors (Lipinski definition) is 4. The van der Waals surface area contributed by atoms with E-state index in [1.807, 2.05) is 6.92 Å². The van der Waals surface area contributed by atoms with Crippen molar-refractivity contribution in [3.63, 3.8) is 0 Å². The van der Waals surface area contributed by atoms with Crippen LogP contribution in [0.3, 0.4) is 0 Å². The van der Waals surface area contributed by atoms with Gasteiger partial charge in [0, 0.05) is 53.0 Å². The lowest BCUT2D eigenvalue weighted by Crippen LogP contribution is -2.50. The van der Waals surface area contributed by atoms with Crippen LogP contribution in [0.2, 0.25) is 0 Å². The van der Waals surface area contributed by atoms with Crippen molar-refractivity contribution in [2.45, 2.75) is 33.3 Å². The number of aliphatic imine (C=N–C) groups is 1. The standard InChI is InChI=1S/C16H34N4O2/c1-5-21-9-6-7-18-16(17-4)19-11-15-13-20(8-10-22-15)12-14(2)3/h14-15H,5-13H2,1-4H3,(H2,17,18,19). The predicted octanol–water partition coefficient (Wildman–Crippen LogP) is 0.935. The van der Waals surface area contributed by atoms with Crippen molar-refractivity contribution in [3.8, 4) is 0 Å². The first kappa shape index (κ1) is 19.2. The van der Waals surface area contributed by atoms with Crippen LogP contribution in [-0.2, 0) is 9.47 Å². The second-order valence-corrected chi connectivity index (χ2v) is 6.08. The fraction of sp³-hybridized carbons (Fsp3) is 0.938. The summed E-state index contributed by atoms with van der Waals surface area (Å²) in [6, 6.07) is 0. The minimum atomic E-state index is 0.231. The topological polar surface area (TPSA) is 58.1 Å². The van der Waals surface area contributed by atoms with Crippen LogP contribution >= 0.6 is 0 Å². The van der Waals surface area contributed by atoms with Crippen molar-refractivity contribution in [1.29, 1.82) is 0 Å². The predicted molar refractivity (Wildman–Crippen MR) is 91.5 cm³/mol. The Morgan fingerprint density at radius 1 is 1.41 bits per heavy atom.